The highest BCUT2D eigenvalue weighted by atomic mass is 35.5. The van der Waals surface area contributed by atoms with Crippen LogP contribution in [0.1, 0.15) is 5.56 Å². The molecule has 0 unspecified atom stereocenters. The van der Waals surface area contributed by atoms with E-state index in [0.29, 0.717) is 5.56 Å². The number of carbonyl (C=O) groups is 1. The van der Waals surface area contributed by atoms with Crippen LogP contribution >= 0.6 is 11.6 Å². The average Bonchev–Trinajstić information content (AvgIpc) is 1.99. The van der Waals surface area contributed by atoms with Crippen molar-refractivity contribution in [2.45, 2.75) is 0 Å². The van der Waals surface area contributed by atoms with Crippen LogP contribution in [0.25, 0.3) is 6.08 Å². The lowest BCUT2D eigenvalue weighted by Crippen LogP contribution is -1.86. The maximum absolute atomic E-state index is 12.7. The van der Waals surface area contributed by atoms with Gasteiger partial charge in [0.05, 0.1) is 0 Å². The zero-order valence-corrected chi connectivity index (χ0v) is 7.25. The fourth-order valence-corrected chi connectivity index (χ4v) is 1.07. The minimum atomic E-state index is -1.08. The zero-order chi connectivity index (χ0) is 9.84. The fourth-order valence-electron chi connectivity index (χ4n) is 0.839. The van der Waals surface area contributed by atoms with Crippen molar-refractivity contribution in [3.05, 3.63) is 40.7 Å². The summed E-state index contributed by atoms with van der Waals surface area (Å²) in [7, 11) is 0. The monoisotopic (exact) mass is 200 g/mol. The largest absolute Gasteiger partial charge is 0.478 e. The normalized spacial score (nSPS) is 10.6. The minimum Gasteiger partial charge on any atom is -0.478 e. The summed E-state index contributed by atoms with van der Waals surface area (Å²) >= 11 is 5.54. The van der Waals surface area contributed by atoms with Gasteiger partial charge < -0.3 is 5.11 Å². The molecule has 1 N–H and O–H groups in total. The molecule has 0 atom stereocenters. The van der Waals surface area contributed by atoms with Crippen LogP contribution in [0.5, 0.6) is 0 Å². The Bertz CT molecular complexity index is 340. The predicted molar refractivity (Wildman–Crippen MR) is 48.1 cm³/mol. The van der Waals surface area contributed by atoms with E-state index in [1.54, 1.807) is 0 Å². The van der Waals surface area contributed by atoms with Crippen LogP contribution in [0.4, 0.5) is 4.39 Å². The van der Waals surface area contributed by atoms with Gasteiger partial charge in [-0.3, -0.25) is 0 Å². The fraction of sp³-hybridized carbons (Fsp3) is 0. The highest BCUT2D eigenvalue weighted by molar-refractivity contribution is 6.30. The van der Waals surface area contributed by atoms with Gasteiger partial charge in [0, 0.05) is 11.1 Å². The van der Waals surface area contributed by atoms with E-state index < -0.39 is 11.8 Å². The molecule has 1 aromatic carbocycles. The van der Waals surface area contributed by atoms with E-state index in [-0.39, 0.29) is 5.02 Å². The molecule has 0 aliphatic carbocycles. The van der Waals surface area contributed by atoms with Gasteiger partial charge in [-0.25, -0.2) is 9.18 Å². The van der Waals surface area contributed by atoms with Crippen LogP contribution in [0, 0.1) is 5.82 Å². The second-order valence-corrected chi connectivity index (χ2v) is 2.81. The summed E-state index contributed by atoms with van der Waals surface area (Å²) in [5.41, 5.74) is 0.424. The number of hydrogen-bond donors (Lipinski definition) is 1. The third kappa shape index (κ3) is 3.25. The lowest BCUT2D eigenvalue weighted by atomic mass is 10.2. The highest BCUT2D eigenvalue weighted by Gasteiger charge is 1.96. The molecular weight excluding hydrogens is 195 g/mol. The van der Waals surface area contributed by atoms with Crippen LogP contribution in [0.2, 0.25) is 5.02 Å². The van der Waals surface area contributed by atoms with Crippen molar-refractivity contribution in [1.82, 2.24) is 0 Å². The van der Waals surface area contributed by atoms with Gasteiger partial charge in [0.25, 0.3) is 0 Å². The third-order valence-electron chi connectivity index (χ3n) is 1.30. The molecule has 0 saturated carbocycles. The van der Waals surface area contributed by atoms with Crippen molar-refractivity contribution in [2.75, 3.05) is 0 Å². The first-order chi connectivity index (χ1) is 6.08. The minimum absolute atomic E-state index is 0.241. The zero-order valence-electron chi connectivity index (χ0n) is 6.50. The molecule has 0 heterocycles. The van der Waals surface area contributed by atoms with E-state index in [4.69, 9.17) is 16.7 Å². The lowest BCUT2D eigenvalue weighted by molar-refractivity contribution is -0.131. The van der Waals surface area contributed by atoms with Crippen molar-refractivity contribution in [1.29, 1.82) is 0 Å². The second kappa shape index (κ2) is 4.05. The second-order valence-electron chi connectivity index (χ2n) is 2.37. The number of hydrogen-bond acceptors (Lipinski definition) is 1. The Kier molecular flexibility index (Phi) is 3.03. The molecule has 0 amide bonds. The standard InChI is InChI=1S/C9H6ClFO2/c10-7-3-6(1-2-9(12)13)4-8(11)5-7/h1-5H,(H,12,13). The Morgan fingerprint density at radius 3 is 2.69 bits per heavy atom. The quantitative estimate of drug-likeness (QED) is 0.745. The van der Waals surface area contributed by atoms with Gasteiger partial charge in [-0.2, -0.15) is 0 Å². The van der Waals surface area contributed by atoms with Crippen LogP contribution < -0.4 is 0 Å². The molecule has 4 heteroatoms. The number of halogens is 2. The van der Waals surface area contributed by atoms with Crippen LogP contribution in [-0.2, 0) is 4.79 Å². The summed E-state index contributed by atoms with van der Waals surface area (Å²) in [5, 5.41) is 8.54. The van der Waals surface area contributed by atoms with E-state index >= 15 is 0 Å². The Hall–Kier alpha value is -1.35. The van der Waals surface area contributed by atoms with Crippen LogP contribution in [-0.4, -0.2) is 11.1 Å². The van der Waals surface area contributed by atoms with Gasteiger partial charge in [0.15, 0.2) is 0 Å². The van der Waals surface area contributed by atoms with Crippen LogP contribution in [0.3, 0.4) is 0 Å². The molecular formula is C9H6ClFO2. The molecule has 1 aromatic rings. The average molecular weight is 201 g/mol. The van der Waals surface area contributed by atoms with Crippen LogP contribution in [0.15, 0.2) is 24.3 Å². The molecule has 0 spiro atoms. The summed E-state index contributed by atoms with van der Waals surface area (Å²) in [6.07, 6.45) is 2.20. The Morgan fingerprint density at radius 2 is 2.15 bits per heavy atom. The number of carboxylic acid groups (broad SMARTS) is 1. The molecule has 0 aliphatic heterocycles. The van der Waals surface area contributed by atoms with E-state index in [2.05, 4.69) is 0 Å². The SMILES string of the molecule is O=C(O)C=Cc1cc(F)cc(Cl)c1. The molecule has 0 radical (unpaired) electrons. The Balaban J connectivity index is 2.95. The van der Waals surface area contributed by atoms with Crippen molar-refractivity contribution in [3.63, 3.8) is 0 Å². The van der Waals surface area contributed by atoms with Gasteiger partial charge in [0.2, 0.25) is 0 Å². The number of carboxylic acids is 1. The maximum Gasteiger partial charge on any atom is 0.328 e. The molecule has 2 nitrogen and oxygen atoms in total. The van der Waals surface area contributed by atoms with Crippen molar-refractivity contribution in [3.8, 4) is 0 Å². The maximum atomic E-state index is 12.7. The smallest absolute Gasteiger partial charge is 0.328 e. The van der Waals surface area contributed by atoms with E-state index in [1.165, 1.54) is 18.2 Å². The first kappa shape index (κ1) is 9.74. The van der Waals surface area contributed by atoms with Gasteiger partial charge in [-0.1, -0.05) is 11.6 Å². The molecule has 68 valence electrons. The summed E-state index contributed by atoms with van der Waals surface area (Å²) in [5.74, 6) is -1.57. The van der Waals surface area contributed by atoms with Crippen molar-refractivity contribution >= 4 is 23.6 Å². The van der Waals surface area contributed by atoms with Crippen molar-refractivity contribution in [2.24, 2.45) is 0 Å². The van der Waals surface area contributed by atoms with Gasteiger partial charge in [0.1, 0.15) is 5.82 Å². The number of aliphatic carboxylic acids is 1. The topological polar surface area (TPSA) is 37.3 Å². The number of rotatable bonds is 2. The third-order valence-corrected chi connectivity index (χ3v) is 1.52. The molecule has 0 saturated heterocycles. The molecule has 0 aliphatic rings. The van der Waals surface area contributed by atoms with Gasteiger partial charge >= 0.3 is 5.97 Å². The van der Waals surface area contributed by atoms with E-state index in [0.717, 1.165) is 12.1 Å². The van der Waals surface area contributed by atoms with E-state index in [1.807, 2.05) is 0 Å². The summed E-state index contributed by atoms with van der Waals surface area (Å²) in [6, 6.07) is 3.83. The molecule has 1 rings (SSSR count). The van der Waals surface area contributed by atoms with E-state index in [9.17, 15) is 9.18 Å². The molecule has 0 bridgehead atoms. The summed E-state index contributed by atoms with van der Waals surface area (Å²) < 4.78 is 12.7. The lowest BCUT2D eigenvalue weighted by Gasteiger charge is -1.94. The predicted octanol–water partition coefficient (Wildman–Crippen LogP) is 2.58. The van der Waals surface area contributed by atoms with Gasteiger partial charge in [-0.15, -0.1) is 0 Å². The molecule has 13 heavy (non-hydrogen) atoms. The van der Waals surface area contributed by atoms with Gasteiger partial charge in [-0.05, 0) is 29.8 Å². The highest BCUT2D eigenvalue weighted by Crippen LogP contribution is 2.14. The first-order valence-electron chi connectivity index (χ1n) is 3.45. The molecule has 0 fully saturated rings. The van der Waals surface area contributed by atoms with Crippen molar-refractivity contribution < 1.29 is 14.3 Å². The number of benzene rings is 1. The first-order valence-corrected chi connectivity index (χ1v) is 3.83. The Morgan fingerprint density at radius 1 is 1.46 bits per heavy atom. The Labute approximate surface area is 79.3 Å². The summed E-state index contributed by atoms with van der Waals surface area (Å²) in [4.78, 5) is 10.1. The molecule has 0 aromatic heterocycles. The summed E-state index contributed by atoms with van der Waals surface area (Å²) in [6.45, 7) is 0.